The molecule has 4 rings (SSSR count). The van der Waals surface area contributed by atoms with Crippen molar-refractivity contribution in [1.82, 2.24) is 19.7 Å². The van der Waals surface area contributed by atoms with Gasteiger partial charge in [-0.2, -0.15) is 5.10 Å². The van der Waals surface area contributed by atoms with Crippen LogP contribution in [0.15, 0.2) is 24.3 Å². The molecule has 2 aliphatic rings. The number of amides is 1. The maximum absolute atomic E-state index is 13.2. The Morgan fingerprint density at radius 3 is 2.44 bits per heavy atom. The Hall–Kier alpha value is -2.70. The van der Waals surface area contributed by atoms with Gasteiger partial charge in [0.1, 0.15) is 17.7 Å². The number of aromatic nitrogens is 3. The number of carboxylic acids is 1. The van der Waals surface area contributed by atoms with Crippen LogP contribution in [0.3, 0.4) is 0 Å². The molecular formula is C20H24N4O3. The third kappa shape index (κ3) is 3.11. The average Bonchev–Trinajstić information content (AvgIpc) is 3.21. The highest BCUT2D eigenvalue weighted by Gasteiger charge is 2.47. The summed E-state index contributed by atoms with van der Waals surface area (Å²) in [5.41, 5.74) is 1.35. The fraction of sp³-hybridized carbons (Fsp3) is 0.500. The van der Waals surface area contributed by atoms with Crippen LogP contribution >= 0.6 is 0 Å². The van der Waals surface area contributed by atoms with E-state index in [1.807, 2.05) is 26.0 Å². The number of carbonyl (C=O) groups is 2. The lowest BCUT2D eigenvalue weighted by molar-refractivity contribution is -0.141. The molecule has 7 heteroatoms. The zero-order chi connectivity index (χ0) is 19.1. The average molecular weight is 368 g/mol. The lowest BCUT2D eigenvalue weighted by atomic mass is 9.84. The Morgan fingerprint density at radius 1 is 1.11 bits per heavy atom. The number of hydrogen-bond acceptors (Lipinski definition) is 4. The number of likely N-dealkylation sites (tertiary alicyclic amines) is 1. The molecule has 1 saturated heterocycles. The number of rotatable bonds is 3. The Labute approximate surface area is 158 Å². The van der Waals surface area contributed by atoms with Gasteiger partial charge in [0.15, 0.2) is 0 Å². The van der Waals surface area contributed by atoms with Gasteiger partial charge in [-0.3, -0.25) is 4.79 Å². The second-order valence-corrected chi connectivity index (χ2v) is 7.58. The largest absolute Gasteiger partial charge is 0.480 e. The van der Waals surface area contributed by atoms with Crippen LogP contribution in [0.5, 0.6) is 0 Å². The van der Waals surface area contributed by atoms with Gasteiger partial charge in [0.05, 0.1) is 5.69 Å². The molecule has 0 spiro atoms. The first-order chi connectivity index (χ1) is 13.0. The van der Waals surface area contributed by atoms with E-state index in [1.54, 1.807) is 21.7 Å². The molecular weight excluding hydrogens is 344 g/mol. The summed E-state index contributed by atoms with van der Waals surface area (Å²) >= 11 is 0. The van der Waals surface area contributed by atoms with Crippen molar-refractivity contribution in [2.45, 2.75) is 58.0 Å². The number of aryl methyl sites for hydroxylation is 2. The van der Waals surface area contributed by atoms with Gasteiger partial charge in [0.2, 0.25) is 0 Å². The summed E-state index contributed by atoms with van der Waals surface area (Å²) in [4.78, 5) is 30.8. The SMILES string of the molecule is Cc1nc(C)n(-c2ccc(C(=O)N3C(C(=O)O)CC4CCCCC43)cc2)n1. The predicted octanol–water partition coefficient (Wildman–Crippen LogP) is 2.74. The van der Waals surface area contributed by atoms with Crippen LogP contribution in [0.25, 0.3) is 5.69 Å². The van der Waals surface area contributed by atoms with E-state index >= 15 is 0 Å². The molecule has 1 aliphatic carbocycles. The minimum atomic E-state index is -0.900. The van der Waals surface area contributed by atoms with E-state index in [0.29, 0.717) is 23.7 Å². The van der Waals surface area contributed by atoms with Crippen LogP contribution in [-0.2, 0) is 4.79 Å². The number of nitrogens with zero attached hydrogens (tertiary/aromatic N) is 4. The molecule has 2 aromatic rings. The minimum absolute atomic E-state index is 0.0484. The van der Waals surface area contributed by atoms with Crippen LogP contribution in [-0.4, -0.2) is 48.7 Å². The number of benzene rings is 1. The number of carbonyl (C=O) groups excluding carboxylic acids is 1. The molecule has 2 heterocycles. The number of carboxylic acid groups (broad SMARTS) is 1. The van der Waals surface area contributed by atoms with Crippen LogP contribution < -0.4 is 0 Å². The van der Waals surface area contributed by atoms with Gasteiger partial charge < -0.3 is 10.0 Å². The van der Waals surface area contributed by atoms with E-state index in [4.69, 9.17) is 0 Å². The fourth-order valence-corrected chi connectivity index (χ4v) is 4.63. The summed E-state index contributed by atoms with van der Waals surface area (Å²) < 4.78 is 1.73. The molecule has 2 fully saturated rings. The molecule has 1 N–H and O–H groups in total. The summed E-state index contributed by atoms with van der Waals surface area (Å²) in [5, 5.41) is 14.0. The molecule has 7 nitrogen and oxygen atoms in total. The molecule has 1 aromatic heterocycles. The standard InChI is InChI=1S/C20H24N4O3/c1-12-21-13(2)24(22-12)16-9-7-14(8-10-16)19(25)23-17-6-4-3-5-15(17)11-18(23)20(26)27/h7-10,15,17-18H,3-6,11H2,1-2H3,(H,26,27). The third-order valence-corrected chi connectivity index (χ3v) is 5.84. The Balaban J connectivity index is 1.61. The van der Waals surface area contributed by atoms with Crippen molar-refractivity contribution in [1.29, 1.82) is 0 Å². The topological polar surface area (TPSA) is 88.3 Å². The van der Waals surface area contributed by atoms with E-state index in [0.717, 1.165) is 37.2 Å². The quantitative estimate of drug-likeness (QED) is 0.900. The molecule has 1 amide bonds. The maximum Gasteiger partial charge on any atom is 0.326 e. The first-order valence-corrected chi connectivity index (χ1v) is 9.52. The van der Waals surface area contributed by atoms with Crippen molar-refractivity contribution >= 4 is 11.9 Å². The highest BCUT2D eigenvalue weighted by Crippen LogP contribution is 2.40. The first-order valence-electron chi connectivity index (χ1n) is 9.52. The van der Waals surface area contributed by atoms with E-state index in [9.17, 15) is 14.7 Å². The van der Waals surface area contributed by atoms with Gasteiger partial charge in [-0.15, -0.1) is 0 Å². The van der Waals surface area contributed by atoms with Crippen molar-refractivity contribution < 1.29 is 14.7 Å². The fourth-order valence-electron chi connectivity index (χ4n) is 4.63. The van der Waals surface area contributed by atoms with E-state index in [1.165, 1.54) is 0 Å². The smallest absolute Gasteiger partial charge is 0.326 e. The zero-order valence-corrected chi connectivity index (χ0v) is 15.6. The van der Waals surface area contributed by atoms with Gasteiger partial charge in [0.25, 0.3) is 5.91 Å². The number of fused-ring (bicyclic) bond motifs is 1. The van der Waals surface area contributed by atoms with Crippen LogP contribution in [0.2, 0.25) is 0 Å². The molecule has 142 valence electrons. The summed E-state index contributed by atoms with van der Waals surface area (Å²) in [6.07, 6.45) is 4.67. The summed E-state index contributed by atoms with van der Waals surface area (Å²) in [7, 11) is 0. The molecule has 27 heavy (non-hydrogen) atoms. The summed E-state index contributed by atoms with van der Waals surface area (Å²) in [6.45, 7) is 3.71. The van der Waals surface area contributed by atoms with Gasteiger partial charge in [-0.05, 0) is 63.3 Å². The Bertz CT molecular complexity index is 874. The van der Waals surface area contributed by atoms with Crippen molar-refractivity contribution in [3.05, 3.63) is 41.5 Å². The molecule has 3 atom stereocenters. The van der Waals surface area contributed by atoms with Gasteiger partial charge >= 0.3 is 5.97 Å². The number of hydrogen-bond donors (Lipinski definition) is 1. The van der Waals surface area contributed by atoms with Gasteiger partial charge in [0, 0.05) is 11.6 Å². The van der Waals surface area contributed by atoms with Crippen LogP contribution in [0.1, 0.15) is 54.1 Å². The molecule has 1 aliphatic heterocycles. The highest BCUT2D eigenvalue weighted by molar-refractivity contribution is 5.97. The van der Waals surface area contributed by atoms with E-state index < -0.39 is 12.0 Å². The second kappa shape index (κ2) is 6.79. The van der Waals surface area contributed by atoms with E-state index in [-0.39, 0.29) is 11.9 Å². The Kier molecular flexibility index (Phi) is 4.45. The predicted molar refractivity (Wildman–Crippen MR) is 98.8 cm³/mol. The minimum Gasteiger partial charge on any atom is -0.480 e. The summed E-state index contributed by atoms with van der Waals surface area (Å²) in [5.74, 6) is 0.696. The molecule has 0 radical (unpaired) electrons. The first kappa shape index (κ1) is 17.7. The monoisotopic (exact) mass is 368 g/mol. The van der Waals surface area contributed by atoms with Crippen molar-refractivity contribution in [2.75, 3.05) is 0 Å². The number of aliphatic carboxylic acids is 1. The lowest BCUT2D eigenvalue weighted by Crippen LogP contribution is -2.46. The molecule has 3 unspecified atom stereocenters. The zero-order valence-electron chi connectivity index (χ0n) is 15.6. The highest BCUT2D eigenvalue weighted by atomic mass is 16.4. The second-order valence-electron chi connectivity index (χ2n) is 7.58. The lowest BCUT2D eigenvalue weighted by Gasteiger charge is -2.33. The van der Waals surface area contributed by atoms with Gasteiger partial charge in [-0.25, -0.2) is 14.5 Å². The molecule has 1 aromatic carbocycles. The van der Waals surface area contributed by atoms with Gasteiger partial charge in [-0.1, -0.05) is 12.8 Å². The third-order valence-electron chi connectivity index (χ3n) is 5.84. The van der Waals surface area contributed by atoms with E-state index in [2.05, 4.69) is 10.1 Å². The van der Waals surface area contributed by atoms with Crippen molar-refractivity contribution in [2.24, 2.45) is 5.92 Å². The Morgan fingerprint density at radius 2 is 1.81 bits per heavy atom. The van der Waals surface area contributed by atoms with Crippen molar-refractivity contribution in [3.8, 4) is 5.69 Å². The maximum atomic E-state index is 13.2. The molecule has 0 bridgehead atoms. The normalized spacial score (nSPS) is 24.7. The molecule has 1 saturated carbocycles. The van der Waals surface area contributed by atoms with Crippen molar-refractivity contribution in [3.63, 3.8) is 0 Å². The van der Waals surface area contributed by atoms with Crippen LogP contribution in [0.4, 0.5) is 0 Å². The summed E-state index contributed by atoms with van der Waals surface area (Å²) in [6, 6.07) is 6.50. The van der Waals surface area contributed by atoms with Crippen LogP contribution in [0, 0.1) is 19.8 Å².